The lowest BCUT2D eigenvalue weighted by Gasteiger charge is -2.35. The van der Waals surface area contributed by atoms with Gasteiger partial charge in [-0.1, -0.05) is 29.8 Å². The van der Waals surface area contributed by atoms with Gasteiger partial charge in [-0.25, -0.2) is 19.2 Å². The molecule has 3 heterocycles. The van der Waals surface area contributed by atoms with Gasteiger partial charge >= 0.3 is 6.03 Å². The van der Waals surface area contributed by atoms with Crippen molar-refractivity contribution < 1.29 is 9.18 Å². The van der Waals surface area contributed by atoms with E-state index in [4.69, 9.17) is 22.3 Å². The Hall–Kier alpha value is -3.98. The highest BCUT2D eigenvalue weighted by Gasteiger charge is 2.24. The number of piperazine rings is 1. The normalized spacial score (nSPS) is 13.8. The van der Waals surface area contributed by atoms with E-state index in [2.05, 4.69) is 20.2 Å². The minimum atomic E-state index is -0.305. The van der Waals surface area contributed by atoms with Gasteiger partial charge in [0.1, 0.15) is 11.3 Å². The molecule has 0 saturated carbocycles. The summed E-state index contributed by atoms with van der Waals surface area (Å²) in [6.07, 6.45) is 0. The lowest BCUT2D eigenvalue weighted by atomic mass is 10.1. The molecule has 10 heteroatoms. The van der Waals surface area contributed by atoms with Crippen molar-refractivity contribution in [3.8, 4) is 11.3 Å². The van der Waals surface area contributed by atoms with Crippen molar-refractivity contribution in [1.29, 1.82) is 0 Å². The van der Waals surface area contributed by atoms with Crippen molar-refractivity contribution in [2.75, 3.05) is 36.8 Å². The first-order chi connectivity index (χ1) is 17.0. The highest BCUT2D eigenvalue weighted by Crippen LogP contribution is 2.27. The van der Waals surface area contributed by atoms with E-state index < -0.39 is 0 Å². The number of anilines is 2. The number of rotatable bonds is 4. The zero-order valence-corrected chi connectivity index (χ0v) is 19.5. The third-order valence-electron chi connectivity index (χ3n) is 5.94. The first-order valence-corrected chi connectivity index (χ1v) is 11.6. The number of hydrogen-bond acceptors (Lipinski definition) is 6. The van der Waals surface area contributed by atoms with Gasteiger partial charge in [0.25, 0.3) is 0 Å². The largest absolute Gasteiger partial charge is 0.368 e. The Labute approximate surface area is 206 Å². The number of benzene rings is 2. The van der Waals surface area contributed by atoms with Gasteiger partial charge in [-0.05, 0) is 48.0 Å². The van der Waals surface area contributed by atoms with Crippen molar-refractivity contribution in [2.24, 2.45) is 0 Å². The number of fused-ring (bicyclic) bond motifs is 1. The van der Waals surface area contributed by atoms with Crippen LogP contribution in [0, 0.1) is 5.82 Å². The number of carbonyl (C=O) groups is 1. The molecular formula is C25H23ClFN7O. The van der Waals surface area contributed by atoms with Gasteiger partial charge < -0.3 is 20.9 Å². The Morgan fingerprint density at radius 2 is 1.71 bits per heavy atom. The van der Waals surface area contributed by atoms with E-state index in [0.717, 1.165) is 11.1 Å². The average Bonchev–Trinajstić information content (AvgIpc) is 2.88. The summed E-state index contributed by atoms with van der Waals surface area (Å²) in [6.45, 7) is 2.51. The Bertz CT molecular complexity index is 1370. The summed E-state index contributed by atoms with van der Waals surface area (Å²) in [7, 11) is 0. The number of nitrogens with zero attached hydrogens (tertiary/aromatic N) is 5. The molecule has 0 unspecified atom stereocenters. The van der Waals surface area contributed by atoms with E-state index in [1.807, 2.05) is 30.3 Å². The third-order valence-corrected chi connectivity index (χ3v) is 6.30. The fourth-order valence-corrected chi connectivity index (χ4v) is 4.27. The number of urea groups is 1. The standard InChI is InChI=1S/C25H23ClFN7O/c26-19-4-2-1-3-17(19)15-29-25(35)34-13-11-33(12-14-34)23-22-21(31-24(28)32-23)10-9-20(30-22)16-5-7-18(27)8-6-16/h1-10H,11-15H2,(H,29,35)(H2,28,31,32). The summed E-state index contributed by atoms with van der Waals surface area (Å²) < 4.78 is 13.3. The summed E-state index contributed by atoms with van der Waals surface area (Å²) in [6, 6.07) is 17.1. The maximum atomic E-state index is 13.3. The topological polar surface area (TPSA) is 100 Å². The van der Waals surface area contributed by atoms with Gasteiger partial charge in [-0.15, -0.1) is 0 Å². The Kier molecular flexibility index (Phi) is 6.33. The van der Waals surface area contributed by atoms with Gasteiger partial charge in [-0.3, -0.25) is 0 Å². The minimum absolute atomic E-state index is 0.145. The number of amides is 2. The van der Waals surface area contributed by atoms with Crippen LogP contribution < -0.4 is 16.0 Å². The van der Waals surface area contributed by atoms with Crippen molar-refractivity contribution in [2.45, 2.75) is 6.54 Å². The fourth-order valence-electron chi connectivity index (χ4n) is 4.06. The first-order valence-electron chi connectivity index (χ1n) is 11.2. The van der Waals surface area contributed by atoms with Crippen LogP contribution in [0.1, 0.15) is 5.56 Å². The highest BCUT2D eigenvalue weighted by molar-refractivity contribution is 6.31. The van der Waals surface area contributed by atoms with E-state index >= 15 is 0 Å². The van der Waals surface area contributed by atoms with Gasteiger partial charge in [0.15, 0.2) is 5.82 Å². The maximum Gasteiger partial charge on any atom is 0.317 e. The Morgan fingerprint density at radius 3 is 2.46 bits per heavy atom. The average molecular weight is 492 g/mol. The lowest BCUT2D eigenvalue weighted by Crippen LogP contribution is -2.52. The molecule has 1 aliphatic rings. The van der Waals surface area contributed by atoms with Crippen LogP contribution in [0.2, 0.25) is 5.02 Å². The molecule has 0 bridgehead atoms. The summed E-state index contributed by atoms with van der Waals surface area (Å²) >= 11 is 6.18. The molecule has 1 saturated heterocycles. The highest BCUT2D eigenvalue weighted by atomic mass is 35.5. The van der Waals surface area contributed by atoms with Crippen LogP contribution >= 0.6 is 11.6 Å². The second-order valence-electron chi connectivity index (χ2n) is 8.20. The van der Waals surface area contributed by atoms with Crippen LogP contribution in [0.15, 0.2) is 60.7 Å². The molecule has 178 valence electrons. The number of nitrogens with two attached hydrogens (primary N) is 1. The quantitative estimate of drug-likeness (QED) is 0.446. The van der Waals surface area contributed by atoms with Crippen molar-refractivity contribution >= 4 is 40.4 Å². The second kappa shape index (κ2) is 9.71. The lowest BCUT2D eigenvalue weighted by molar-refractivity contribution is 0.194. The molecule has 4 aromatic rings. The van der Waals surface area contributed by atoms with Gasteiger partial charge in [0.05, 0.1) is 11.2 Å². The van der Waals surface area contributed by atoms with Crippen LogP contribution in [0.5, 0.6) is 0 Å². The molecule has 0 atom stereocenters. The van der Waals surface area contributed by atoms with Crippen molar-refractivity contribution in [3.05, 3.63) is 77.1 Å². The van der Waals surface area contributed by atoms with Crippen LogP contribution in [-0.4, -0.2) is 52.1 Å². The predicted molar refractivity (Wildman–Crippen MR) is 135 cm³/mol. The molecule has 8 nitrogen and oxygen atoms in total. The number of halogens is 2. The number of pyridine rings is 1. The molecule has 1 fully saturated rings. The minimum Gasteiger partial charge on any atom is -0.368 e. The van der Waals surface area contributed by atoms with Gasteiger partial charge in [0, 0.05) is 43.3 Å². The molecule has 0 radical (unpaired) electrons. The van der Waals surface area contributed by atoms with Crippen LogP contribution in [0.4, 0.5) is 21.0 Å². The maximum absolute atomic E-state index is 13.3. The third kappa shape index (κ3) is 4.95. The van der Waals surface area contributed by atoms with E-state index in [9.17, 15) is 9.18 Å². The van der Waals surface area contributed by atoms with E-state index in [-0.39, 0.29) is 17.8 Å². The van der Waals surface area contributed by atoms with E-state index in [1.54, 1.807) is 23.1 Å². The molecule has 3 N–H and O–H groups in total. The number of nitrogen functional groups attached to an aromatic ring is 1. The number of nitrogens with one attached hydrogen (secondary N) is 1. The molecule has 2 aromatic carbocycles. The first kappa shape index (κ1) is 22.8. The second-order valence-corrected chi connectivity index (χ2v) is 8.61. The van der Waals surface area contributed by atoms with Crippen molar-refractivity contribution in [3.63, 3.8) is 0 Å². The van der Waals surface area contributed by atoms with Gasteiger partial charge in [-0.2, -0.15) is 4.98 Å². The number of aromatic nitrogens is 3. The zero-order valence-electron chi connectivity index (χ0n) is 18.8. The predicted octanol–water partition coefficient (Wildman–Crippen LogP) is 4.10. The SMILES string of the molecule is Nc1nc(N2CCN(C(=O)NCc3ccccc3Cl)CC2)c2nc(-c3ccc(F)cc3)ccc2n1. The zero-order chi connectivity index (χ0) is 24.4. The molecule has 2 amide bonds. The molecule has 35 heavy (non-hydrogen) atoms. The van der Waals surface area contributed by atoms with E-state index in [1.165, 1.54) is 12.1 Å². The summed E-state index contributed by atoms with van der Waals surface area (Å²) in [5, 5.41) is 3.56. The number of hydrogen-bond donors (Lipinski definition) is 2. The molecule has 1 aliphatic heterocycles. The molecule has 5 rings (SSSR count). The molecule has 2 aromatic heterocycles. The summed E-state index contributed by atoms with van der Waals surface area (Å²) in [4.78, 5) is 30.1. The molecule has 0 aliphatic carbocycles. The Balaban J connectivity index is 1.31. The van der Waals surface area contributed by atoms with Crippen LogP contribution in [0.25, 0.3) is 22.3 Å². The van der Waals surface area contributed by atoms with E-state index in [0.29, 0.717) is 60.3 Å². The van der Waals surface area contributed by atoms with Crippen LogP contribution in [0.3, 0.4) is 0 Å². The van der Waals surface area contributed by atoms with Crippen LogP contribution in [-0.2, 0) is 6.54 Å². The molecular weight excluding hydrogens is 469 g/mol. The summed E-state index contributed by atoms with van der Waals surface area (Å²) in [5.74, 6) is 0.469. The Morgan fingerprint density at radius 1 is 0.971 bits per heavy atom. The van der Waals surface area contributed by atoms with Gasteiger partial charge in [0.2, 0.25) is 5.95 Å². The monoisotopic (exact) mass is 491 g/mol. The fraction of sp³-hybridized carbons (Fsp3) is 0.200. The molecule has 0 spiro atoms. The smallest absolute Gasteiger partial charge is 0.317 e. The summed E-state index contributed by atoms with van der Waals surface area (Å²) in [5.41, 5.74) is 9.55. The number of carbonyl (C=O) groups excluding carboxylic acids is 1. The van der Waals surface area contributed by atoms with Crippen molar-refractivity contribution in [1.82, 2.24) is 25.2 Å².